The van der Waals surface area contributed by atoms with E-state index in [1.54, 1.807) is 0 Å². The van der Waals surface area contributed by atoms with Crippen LogP contribution in [0.3, 0.4) is 0 Å². The van der Waals surface area contributed by atoms with Gasteiger partial charge in [0.15, 0.2) is 0 Å². The van der Waals surface area contributed by atoms with Gasteiger partial charge in [-0.2, -0.15) is 0 Å². The van der Waals surface area contributed by atoms with Crippen molar-refractivity contribution in [2.24, 2.45) is 0 Å². The van der Waals surface area contributed by atoms with Crippen molar-refractivity contribution < 1.29 is 14.0 Å². The molecule has 2 atom stereocenters. The predicted octanol–water partition coefficient (Wildman–Crippen LogP) is 0.829. The molecule has 76 valence electrons. The first-order valence-electron chi connectivity index (χ1n) is 4.92. The number of likely N-dealkylation sites (N-methyl/N-ethyl adjacent to an activating group) is 1. The number of hydrogen-bond acceptors (Lipinski definition) is 2. The Morgan fingerprint density at radius 3 is 2.54 bits per heavy atom. The van der Waals surface area contributed by atoms with Gasteiger partial charge >= 0.3 is 0 Å². The topological polar surface area (TPSA) is 26.3 Å². The van der Waals surface area contributed by atoms with Gasteiger partial charge in [0.2, 0.25) is 0 Å². The standard InChI is InChI=1S/C10H20NO2/c1-11(2,3)9-5-4-6-10(7-12)13-8-9/h7,9-10H,4-6,8H2,1-3H3/q+1. The molecule has 0 N–H and O–H groups in total. The number of aldehydes is 1. The van der Waals surface area contributed by atoms with E-state index in [9.17, 15) is 4.79 Å². The van der Waals surface area contributed by atoms with Crippen molar-refractivity contribution in [3.05, 3.63) is 0 Å². The second kappa shape index (κ2) is 4.20. The molecule has 0 aromatic carbocycles. The molecule has 0 radical (unpaired) electrons. The van der Waals surface area contributed by atoms with Gasteiger partial charge in [0.1, 0.15) is 18.4 Å². The molecule has 0 aromatic heterocycles. The van der Waals surface area contributed by atoms with Gasteiger partial charge in [0, 0.05) is 6.42 Å². The number of rotatable bonds is 2. The third-order valence-corrected chi connectivity index (χ3v) is 2.78. The average molecular weight is 186 g/mol. The van der Waals surface area contributed by atoms with Gasteiger partial charge in [-0.1, -0.05) is 0 Å². The van der Waals surface area contributed by atoms with Crippen molar-refractivity contribution in [3.8, 4) is 0 Å². The summed E-state index contributed by atoms with van der Waals surface area (Å²) < 4.78 is 6.43. The molecule has 13 heavy (non-hydrogen) atoms. The minimum atomic E-state index is -0.156. The molecular formula is C10H20NO2+. The summed E-state index contributed by atoms with van der Waals surface area (Å²) in [5, 5.41) is 0. The first-order chi connectivity index (χ1) is 6.04. The van der Waals surface area contributed by atoms with Gasteiger partial charge in [-0.05, 0) is 12.8 Å². The van der Waals surface area contributed by atoms with Crippen LogP contribution in [0.2, 0.25) is 0 Å². The Balaban J connectivity index is 2.49. The third-order valence-electron chi connectivity index (χ3n) is 2.78. The molecule has 1 rings (SSSR count). The molecule has 1 heterocycles. The Morgan fingerprint density at radius 2 is 2.00 bits per heavy atom. The second-order valence-electron chi connectivity index (χ2n) is 4.71. The zero-order chi connectivity index (χ0) is 9.90. The molecule has 1 aliphatic rings. The van der Waals surface area contributed by atoms with Gasteiger partial charge < -0.3 is 14.0 Å². The fourth-order valence-electron chi connectivity index (χ4n) is 1.67. The van der Waals surface area contributed by atoms with Crippen LogP contribution in [0.15, 0.2) is 0 Å². The molecule has 2 unspecified atom stereocenters. The van der Waals surface area contributed by atoms with E-state index in [0.29, 0.717) is 12.6 Å². The van der Waals surface area contributed by atoms with Gasteiger partial charge in [0.25, 0.3) is 0 Å². The van der Waals surface area contributed by atoms with Gasteiger partial charge in [-0.3, -0.25) is 0 Å². The Kier molecular flexibility index (Phi) is 3.45. The van der Waals surface area contributed by atoms with E-state index in [1.807, 2.05) is 0 Å². The van der Waals surface area contributed by atoms with E-state index >= 15 is 0 Å². The summed E-state index contributed by atoms with van der Waals surface area (Å²) >= 11 is 0. The van der Waals surface area contributed by atoms with E-state index in [-0.39, 0.29) is 6.10 Å². The number of nitrogens with zero attached hydrogens (tertiary/aromatic N) is 1. The SMILES string of the molecule is C[N+](C)(C)C1CCCC(C=O)OC1. The van der Waals surface area contributed by atoms with E-state index in [0.717, 1.165) is 30.0 Å². The maximum Gasteiger partial charge on any atom is 0.148 e. The lowest BCUT2D eigenvalue weighted by Gasteiger charge is -2.33. The van der Waals surface area contributed by atoms with Crippen LogP contribution in [0, 0.1) is 0 Å². The molecule has 0 aromatic rings. The van der Waals surface area contributed by atoms with E-state index in [4.69, 9.17) is 4.74 Å². The average Bonchev–Trinajstić information content (AvgIpc) is 2.26. The number of quaternary nitrogens is 1. The quantitative estimate of drug-likeness (QED) is 0.471. The Labute approximate surface area is 80.3 Å². The van der Waals surface area contributed by atoms with Crippen LogP contribution in [0.1, 0.15) is 19.3 Å². The molecular weight excluding hydrogens is 166 g/mol. The highest BCUT2D eigenvalue weighted by molar-refractivity contribution is 5.55. The zero-order valence-corrected chi connectivity index (χ0v) is 8.82. The lowest BCUT2D eigenvalue weighted by molar-refractivity contribution is -0.896. The van der Waals surface area contributed by atoms with Crippen LogP contribution in [-0.2, 0) is 9.53 Å². The number of carbonyl (C=O) groups is 1. The summed E-state index contributed by atoms with van der Waals surface area (Å²) in [5.74, 6) is 0. The Bertz CT molecular complexity index is 174. The number of hydrogen-bond donors (Lipinski definition) is 0. The van der Waals surface area contributed by atoms with Crippen LogP contribution in [0.4, 0.5) is 0 Å². The minimum Gasteiger partial charge on any atom is -0.365 e. The largest absolute Gasteiger partial charge is 0.365 e. The molecule has 1 saturated heterocycles. The maximum absolute atomic E-state index is 10.5. The summed E-state index contributed by atoms with van der Waals surface area (Å²) in [7, 11) is 6.53. The van der Waals surface area contributed by atoms with Crippen molar-refractivity contribution >= 4 is 6.29 Å². The number of carbonyl (C=O) groups excluding carboxylic acids is 1. The first-order valence-corrected chi connectivity index (χ1v) is 4.92. The second-order valence-corrected chi connectivity index (χ2v) is 4.71. The van der Waals surface area contributed by atoms with Crippen LogP contribution >= 0.6 is 0 Å². The van der Waals surface area contributed by atoms with Crippen molar-refractivity contribution in [2.45, 2.75) is 31.4 Å². The van der Waals surface area contributed by atoms with Crippen LogP contribution in [-0.4, -0.2) is 50.7 Å². The van der Waals surface area contributed by atoms with Crippen molar-refractivity contribution in [1.82, 2.24) is 0 Å². The maximum atomic E-state index is 10.5. The Morgan fingerprint density at radius 1 is 1.31 bits per heavy atom. The Hall–Kier alpha value is -0.410. The van der Waals surface area contributed by atoms with Crippen molar-refractivity contribution in [2.75, 3.05) is 27.7 Å². The minimum absolute atomic E-state index is 0.156. The number of ether oxygens (including phenoxy) is 1. The summed E-state index contributed by atoms with van der Waals surface area (Å²) in [6.07, 6.45) is 3.92. The van der Waals surface area contributed by atoms with Gasteiger partial charge in [-0.25, -0.2) is 0 Å². The van der Waals surface area contributed by atoms with E-state index in [2.05, 4.69) is 21.1 Å². The first kappa shape index (κ1) is 10.7. The van der Waals surface area contributed by atoms with Gasteiger partial charge in [0.05, 0.1) is 27.7 Å². The summed E-state index contributed by atoms with van der Waals surface area (Å²) in [5.41, 5.74) is 0. The normalized spacial score (nSPS) is 31.0. The van der Waals surface area contributed by atoms with Crippen LogP contribution < -0.4 is 0 Å². The molecule has 1 aliphatic heterocycles. The fourth-order valence-corrected chi connectivity index (χ4v) is 1.67. The van der Waals surface area contributed by atoms with E-state index in [1.165, 1.54) is 0 Å². The predicted molar refractivity (Wildman–Crippen MR) is 51.5 cm³/mol. The molecule has 0 saturated carbocycles. The van der Waals surface area contributed by atoms with Gasteiger partial charge in [-0.15, -0.1) is 0 Å². The fraction of sp³-hybridized carbons (Fsp3) is 0.900. The molecule has 0 amide bonds. The lowest BCUT2D eigenvalue weighted by Crippen LogP contribution is -2.47. The highest BCUT2D eigenvalue weighted by Crippen LogP contribution is 2.18. The zero-order valence-electron chi connectivity index (χ0n) is 8.82. The summed E-state index contributed by atoms with van der Waals surface area (Å²) in [6.45, 7) is 0.715. The molecule has 0 spiro atoms. The highest BCUT2D eigenvalue weighted by Gasteiger charge is 2.27. The highest BCUT2D eigenvalue weighted by atomic mass is 16.5. The lowest BCUT2D eigenvalue weighted by atomic mass is 10.1. The van der Waals surface area contributed by atoms with Crippen molar-refractivity contribution in [1.29, 1.82) is 0 Å². The third kappa shape index (κ3) is 3.08. The van der Waals surface area contributed by atoms with Crippen LogP contribution in [0.5, 0.6) is 0 Å². The molecule has 0 bridgehead atoms. The molecule has 1 fully saturated rings. The molecule has 3 heteroatoms. The summed E-state index contributed by atoms with van der Waals surface area (Å²) in [4.78, 5) is 10.5. The van der Waals surface area contributed by atoms with Crippen LogP contribution in [0.25, 0.3) is 0 Å². The molecule has 3 nitrogen and oxygen atoms in total. The van der Waals surface area contributed by atoms with E-state index < -0.39 is 0 Å². The smallest absolute Gasteiger partial charge is 0.148 e. The molecule has 0 aliphatic carbocycles. The monoisotopic (exact) mass is 186 g/mol. The summed E-state index contributed by atoms with van der Waals surface area (Å²) in [6, 6.07) is 0.532. The van der Waals surface area contributed by atoms with Crippen molar-refractivity contribution in [3.63, 3.8) is 0 Å².